The zero-order chi connectivity index (χ0) is 12.4. The summed E-state index contributed by atoms with van der Waals surface area (Å²) in [5, 5.41) is 3.46. The zero-order valence-corrected chi connectivity index (χ0v) is 9.97. The molecular formula is C14H15N3O. The molecule has 1 aromatic carbocycles. The van der Waals surface area contributed by atoms with Crippen molar-refractivity contribution in [2.24, 2.45) is 0 Å². The molecule has 0 spiro atoms. The van der Waals surface area contributed by atoms with Crippen LogP contribution in [0.3, 0.4) is 0 Å². The number of ether oxygens (including phenoxy) is 1. The maximum Gasteiger partial charge on any atom is 0.124 e. The number of para-hydroxylation sites is 1. The van der Waals surface area contributed by atoms with Gasteiger partial charge in [-0.2, -0.15) is 0 Å². The molecular weight excluding hydrogens is 226 g/mol. The second kappa shape index (κ2) is 4.56. The SMILES string of the molecule is Nc1cnccc1NC1CCOc2ccccc21. The lowest BCUT2D eigenvalue weighted by Gasteiger charge is -2.27. The predicted molar refractivity (Wildman–Crippen MR) is 71.6 cm³/mol. The Balaban J connectivity index is 1.89. The molecule has 1 aliphatic heterocycles. The smallest absolute Gasteiger partial charge is 0.124 e. The molecule has 1 aromatic heterocycles. The number of benzene rings is 1. The summed E-state index contributed by atoms with van der Waals surface area (Å²) in [6.45, 7) is 0.722. The van der Waals surface area contributed by atoms with Crippen molar-refractivity contribution in [1.82, 2.24) is 4.98 Å². The van der Waals surface area contributed by atoms with Gasteiger partial charge in [0.1, 0.15) is 5.75 Å². The van der Waals surface area contributed by atoms with Gasteiger partial charge in [0.2, 0.25) is 0 Å². The highest BCUT2D eigenvalue weighted by molar-refractivity contribution is 5.65. The summed E-state index contributed by atoms with van der Waals surface area (Å²) in [6.07, 6.45) is 4.33. The number of nitrogens with one attached hydrogen (secondary N) is 1. The summed E-state index contributed by atoms with van der Waals surface area (Å²) in [7, 11) is 0. The summed E-state index contributed by atoms with van der Waals surface area (Å²) < 4.78 is 5.64. The molecule has 1 atom stereocenters. The van der Waals surface area contributed by atoms with Crippen LogP contribution >= 0.6 is 0 Å². The van der Waals surface area contributed by atoms with E-state index < -0.39 is 0 Å². The summed E-state index contributed by atoms with van der Waals surface area (Å²) in [5.74, 6) is 0.953. The first-order valence-corrected chi connectivity index (χ1v) is 6.02. The third kappa shape index (κ3) is 1.97. The number of hydrogen-bond donors (Lipinski definition) is 2. The molecule has 2 heterocycles. The first-order valence-electron chi connectivity index (χ1n) is 6.02. The normalized spacial score (nSPS) is 17.7. The molecule has 3 N–H and O–H groups in total. The molecule has 4 nitrogen and oxygen atoms in total. The van der Waals surface area contributed by atoms with Crippen molar-refractivity contribution >= 4 is 11.4 Å². The van der Waals surface area contributed by atoms with Gasteiger partial charge in [0, 0.05) is 18.2 Å². The minimum atomic E-state index is 0.236. The number of pyridine rings is 1. The number of nitrogens with two attached hydrogens (primary N) is 1. The van der Waals surface area contributed by atoms with Gasteiger partial charge >= 0.3 is 0 Å². The Morgan fingerprint density at radius 1 is 1.28 bits per heavy atom. The molecule has 0 fully saturated rings. The summed E-state index contributed by atoms with van der Waals surface area (Å²) >= 11 is 0. The van der Waals surface area contributed by atoms with Crippen molar-refractivity contribution in [2.45, 2.75) is 12.5 Å². The standard InChI is InChI=1S/C14H15N3O/c15-11-9-16-7-5-13(11)17-12-6-8-18-14-4-2-1-3-10(12)14/h1-5,7,9,12H,6,8,15H2,(H,16,17). The van der Waals surface area contributed by atoms with Crippen molar-refractivity contribution in [3.63, 3.8) is 0 Å². The van der Waals surface area contributed by atoms with Crippen LogP contribution in [0.2, 0.25) is 0 Å². The maximum atomic E-state index is 5.90. The molecule has 0 saturated carbocycles. The zero-order valence-electron chi connectivity index (χ0n) is 9.97. The molecule has 3 rings (SSSR count). The van der Waals surface area contributed by atoms with Gasteiger partial charge in [-0.05, 0) is 12.1 Å². The van der Waals surface area contributed by atoms with E-state index in [1.807, 2.05) is 24.3 Å². The topological polar surface area (TPSA) is 60.2 Å². The van der Waals surface area contributed by atoms with Crippen LogP contribution in [-0.2, 0) is 0 Å². The monoisotopic (exact) mass is 241 g/mol. The minimum absolute atomic E-state index is 0.236. The van der Waals surface area contributed by atoms with E-state index in [0.29, 0.717) is 5.69 Å². The van der Waals surface area contributed by atoms with E-state index in [4.69, 9.17) is 10.5 Å². The first-order chi connectivity index (χ1) is 8.84. The number of fused-ring (bicyclic) bond motifs is 1. The summed E-state index contributed by atoms with van der Waals surface area (Å²) in [5.41, 5.74) is 8.67. The van der Waals surface area contributed by atoms with Crippen LogP contribution < -0.4 is 15.8 Å². The molecule has 0 aliphatic carbocycles. The average Bonchev–Trinajstić information content (AvgIpc) is 2.42. The second-order valence-corrected chi connectivity index (χ2v) is 4.33. The Morgan fingerprint density at radius 2 is 2.17 bits per heavy atom. The van der Waals surface area contributed by atoms with Crippen LogP contribution in [-0.4, -0.2) is 11.6 Å². The van der Waals surface area contributed by atoms with E-state index in [1.165, 1.54) is 5.56 Å². The number of nitrogens with zero attached hydrogens (tertiary/aromatic N) is 1. The summed E-state index contributed by atoms with van der Waals surface area (Å²) in [4.78, 5) is 3.99. The molecule has 92 valence electrons. The number of rotatable bonds is 2. The maximum absolute atomic E-state index is 5.90. The molecule has 0 bridgehead atoms. The highest BCUT2D eigenvalue weighted by Crippen LogP contribution is 2.34. The first kappa shape index (κ1) is 10.9. The fraction of sp³-hybridized carbons (Fsp3) is 0.214. The minimum Gasteiger partial charge on any atom is -0.493 e. The Morgan fingerprint density at radius 3 is 3.06 bits per heavy atom. The molecule has 0 saturated heterocycles. The fourth-order valence-electron chi connectivity index (χ4n) is 2.22. The Labute approximate surface area is 106 Å². The van der Waals surface area contributed by atoms with Gasteiger partial charge in [0.15, 0.2) is 0 Å². The number of nitrogen functional groups attached to an aromatic ring is 1. The van der Waals surface area contributed by atoms with Crippen molar-refractivity contribution in [1.29, 1.82) is 0 Å². The van der Waals surface area contributed by atoms with Gasteiger partial charge in [-0.25, -0.2) is 0 Å². The molecule has 2 aromatic rings. The third-order valence-corrected chi connectivity index (χ3v) is 3.14. The summed E-state index contributed by atoms with van der Waals surface area (Å²) in [6, 6.07) is 10.2. The van der Waals surface area contributed by atoms with Crippen LogP contribution in [0.25, 0.3) is 0 Å². The van der Waals surface area contributed by atoms with Crippen LogP contribution in [0.4, 0.5) is 11.4 Å². The van der Waals surface area contributed by atoms with Crippen molar-refractivity contribution in [3.8, 4) is 5.75 Å². The van der Waals surface area contributed by atoms with E-state index in [2.05, 4.69) is 16.4 Å². The largest absolute Gasteiger partial charge is 0.493 e. The predicted octanol–water partition coefficient (Wildman–Crippen LogP) is 2.60. The third-order valence-electron chi connectivity index (χ3n) is 3.14. The van der Waals surface area contributed by atoms with Gasteiger partial charge in [-0.15, -0.1) is 0 Å². The van der Waals surface area contributed by atoms with Crippen LogP contribution in [0.1, 0.15) is 18.0 Å². The molecule has 18 heavy (non-hydrogen) atoms. The van der Waals surface area contributed by atoms with Crippen LogP contribution in [0, 0.1) is 0 Å². The van der Waals surface area contributed by atoms with Crippen molar-refractivity contribution < 1.29 is 4.74 Å². The van der Waals surface area contributed by atoms with Crippen LogP contribution in [0.15, 0.2) is 42.7 Å². The number of aromatic nitrogens is 1. The van der Waals surface area contributed by atoms with Gasteiger partial charge in [0.25, 0.3) is 0 Å². The number of anilines is 2. The van der Waals surface area contributed by atoms with Crippen LogP contribution in [0.5, 0.6) is 5.75 Å². The van der Waals surface area contributed by atoms with E-state index in [1.54, 1.807) is 12.4 Å². The average molecular weight is 241 g/mol. The second-order valence-electron chi connectivity index (χ2n) is 4.33. The lowest BCUT2D eigenvalue weighted by Crippen LogP contribution is -2.20. The lowest BCUT2D eigenvalue weighted by atomic mass is 10.0. The van der Waals surface area contributed by atoms with Crippen molar-refractivity contribution in [2.75, 3.05) is 17.7 Å². The van der Waals surface area contributed by atoms with E-state index in [9.17, 15) is 0 Å². The lowest BCUT2D eigenvalue weighted by molar-refractivity contribution is 0.274. The van der Waals surface area contributed by atoms with E-state index in [0.717, 1.165) is 24.5 Å². The Bertz CT molecular complexity index is 556. The highest BCUT2D eigenvalue weighted by Gasteiger charge is 2.21. The van der Waals surface area contributed by atoms with Crippen molar-refractivity contribution in [3.05, 3.63) is 48.3 Å². The Kier molecular flexibility index (Phi) is 2.76. The highest BCUT2D eigenvalue weighted by atomic mass is 16.5. The van der Waals surface area contributed by atoms with Gasteiger partial charge < -0.3 is 15.8 Å². The van der Waals surface area contributed by atoms with E-state index >= 15 is 0 Å². The molecule has 1 aliphatic rings. The molecule has 0 amide bonds. The molecule has 0 radical (unpaired) electrons. The van der Waals surface area contributed by atoms with Gasteiger partial charge in [0.05, 0.1) is 30.2 Å². The number of hydrogen-bond acceptors (Lipinski definition) is 4. The molecule has 4 heteroatoms. The Hall–Kier alpha value is -2.23. The fourth-order valence-corrected chi connectivity index (χ4v) is 2.22. The van der Waals surface area contributed by atoms with Gasteiger partial charge in [-0.3, -0.25) is 4.98 Å². The quantitative estimate of drug-likeness (QED) is 0.848. The molecule has 1 unspecified atom stereocenters. The van der Waals surface area contributed by atoms with Gasteiger partial charge in [-0.1, -0.05) is 18.2 Å². The van der Waals surface area contributed by atoms with E-state index in [-0.39, 0.29) is 6.04 Å².